The van der Waals surface area contributed by atoms with Gasteiger partial charge in [0.15, 0.2) is 5.43 Å². The molecule has 0 radical (unpaired) electrons. The molecule has 0 spiro atoms. The molecule has 5 aromatic rings. The third-order valence-corrected chi connectivity index (χ3v) is 8.26. The van der Waals surface area contributed by atoms with Crippen molar-refractivity contribution in [2.45, 2.75) is 52.0 Å². The van der Waals surface area contributed by atoms with Gasteiger partial charge < -0.3 is 18.5 Å². The summed E-state index contributed by atoms with van der Waals surface area (Å²) >= 11 is 0. The van der Waals surface area contributed by atoms with Gasteiger partial charge in [-0.3, -0.25) is 4.79 Å². The summed E-state index contributed by atoms with van der Waals surface area (Å²) in [5.41, 5.74) is 4.08. The van der Waals surface area contributed by atoms with E-state index in [4.69, 9.17) is 11.2 Å². The molecule has 0 bridgehead atoms. The first-order valence-electron chi connectivity index (χ1n) is 14.1. The Morgan fingerprint density at radius 3 is 2.57 bits per heavy atom. The molecule has 0 saturated heterocycles. The summed E-state index contributed by atoms with van der Waals surface area (Å²) in [5, 5.41) is 1.94. The van der Waals surface area contributed by atoms with Crippen LogP contribution in [-0.2, 0) is 10.5 Å². The van der Waals surface area contributed by atoms with E-state index >= 15 is 0 Å². The molecule has 0 aliphatic heterocycles. The highest BCUT2D eigenvalue weighted by Crippen LogP contribution is 2.40. The van der Waals surface area contributed by atoms with Gasteiger partial charge in [0.25, 0.3) is 0 Å². The molecule has 1 saturated carbocycles. The first kappa shape index (κ1) is 27.9. The minimum Gasteiger partial charge on any atom is -0.493 e. The second kappa shape index (κ2) is 10.8. The number of fused-ring (bicyclic) bond motifs is 4. The lowest BCUT2D eigenvalue weighted by Gasteiger charge is -2.28. The number of H-pyrrole nitrogens is 1. The number of hydrogen-bond donors (Lipinski definition) is 1. The molecule has 216 valence electrons. The maximum absolute atomic E-state index is 14.2. The van der Waals surface area contributed by atoms with E-state index in [2.05, 4.69) is 19.7 Å². The monoisotopic (exact) mass is 586 g/mol. The van der Waals surface area contributed by atoms with Crippen molar-refractivity contribution in [3.8, 4) is 35.0 Å². The van der Waals surface area contributed by atoms with E-state index in [0.29, 0.717) is 34.3 Å². The molecular weight excluding hydrogens is 555 g/mol. The van der Waals surface area contributed by atoms with Crippen LogP contribution < -0.4 is 14.3 Å². The van der Waals surface area contributed by atoms with Crippen LogP contribution in [-0.4, -0.2) is 24.6 Å². The van der Waals surface area contributed by atoms with Gasteiger partial charge in [0, 0.05) is 28.1 Å². The van der Waals surface area contributed by atoms with Crippen LogP contribution in [0.15, 0.2) is 59.4 Å². The largest absolute Gasteiger partial charge is 0.493 e. The number of benzene rings is 3. The van der Waals surface area contributed by atoms with Crippen molar-refractivity contribution in [2.24, 2.45) is 5.92 Å². The normalized spacial score (nSPS) is 14.5. The molecule has 7 nitrogen and oxygen atoms in total. The highest BCUT2D eigenvalue weighted by molar-refractivity contribution is 7.81. The Balaban J connectivity index is 1.69. The van der Waals surface area contributed by atoms with Gasteiger partial charge >= 0.3 is 10.5 Å². The average molecular weight is 587 g/mol. The lowest BCUT2D eigenvalue weighted by atomic mass is 9.93. The number of rotatable bonds is 7. The number of aromatic amines is 1. The SMILES string of the molecule is C#Cc1ccc2c(c1)[nH]c1c2c(=O)c2cc(OCC(C)C)c(-c3cccc(OS(=O)(=O)F)c3)cc2n1C1CCCCC1. The fraction of sp³-hybridized carbons (Fsp3) is 0.303. The quantitative estimate of drug-likeness (QED) is 0.158. The fourth-order valence-electron chi connectivity index (χ4n) is 6.04. The van der Waals surface area contributed by atoms with Gasteiger partial charge in [-0.1, -0.05) is 61.1 Å². The summed E-state index contributed by atoms with van der Waals surface area (Å²) in [6.07, 6.45) is 10.9. The van der Waals surface area contributed by atoms with Crippen molar-refractivity contribution >= 4 is 43.3 Å². The first-order valence-corrected chi connectivity index (χ1v) is 15.5. The smallest absolute Gasteiger partial charge is 0.488 e. The number of aromatic nitrogens is 2. The summed E-state index contributed by atoms with van der Waals surface area (Å²) < 4.78 is 48.8. The molecule has 6 rings (SSSR count). The summed E-state index contributed by atoms with van der Waals surface area (Å²) in [4.78, 5) is 17.8. The highest BCUT2D eigenvalue weighted by Gasteiger charge is 2.25. The fourth-order valence-corrected chi connectivity index (χ4v) is 6.37. The van der Waals surface area contributed by atoms with Crippen LogP contribution in [0.3, 0.4) is 0 Å². The Hall–Kier alpha value is -4.29. The lowest BCUT2D eigenvalue weighted by molar-refractivity contribution is 0.272. The lowest BCUT2D eigenvalue weighted by Crippen LogP contribution is -2.18. The van der Waals surface area contributed by atoms with Crippen molar-refractivity contribution in [3.05, 3.63) is 70.4 Å². The number of hydrogen-bond acceptors (Lipinski definition) is 5. The van der Waals surface area contributed by atoms with Crippen molar-refractivity contribution in [1.82, 2.24) is 9.55 Å². The van der Waals surface area contributed by atoms with Gasteiger partial charge in [-0.15, -0.1) is 6.42 Å². The molecule has 9 heteroatoms. The van der Waals surface area contributed by atoms with E-state index < -0.39 is 10.5 Å². The van der Waals surface area contributed by atoms with Gasteiger partial charge in [0.1, 0.15) is 17.1 Å². The summed E-state index contributed by atoms with van der Waals surface area (Å²) in [5.74, 6) is 3.19. The molecule has 3 aromatic carbocycles. The second-order valence-corrected chi connectivity index (χ2v) is 12.3. The average Bonchev–Trinajstić information content (AvgIpc) is 3.34. The van der Waals surface area contributed by atoms with Crippen LogP contribution in [0.25, 0.3) is 44.0 Å². The number of halogens is 1. The molecule has 1 aliphatic rings. The third-order valence-electron chi connectivity index (χ3n) is 7.87. The highest BCUT2D eigenvalue weighted by atomic mass is 32.3. The van der Waals surface area contributed by atoms with E-state index in [1.807, 2.05) is 38.1 Å². The van der Waals surface area contributed by atoms with Crippen LogP contribution >= 0.6 is 0 Å². The maximum Gasteiger partial charge on any atom is 0.488 e. The van der Waals surface area contributed by atoms with Gasteiger partial charge in [-0.25, -0.2) is 0 Å². The van der Waals surface area contributed by atoms with E-state index in [1.165, 1.54) is 18.6 Å². The minimum atomic E-state index is -5.20. The number of nitrogens with zero attached hydrogens (tertiary/aromatic N) is 1. The molecule has 1 N–H and O–H groups in total. The Labute approximate surface area is 243 Å². The molecular formula is C33H31FN2O5S. The number of pyridine rings is 1. The van der Waals surface area contributed by atoms with Crippen LogP contribution in [0.5, 0.6) is 11.5 Å². The Kier molecular flexibility index (Phi) is 7.19. The number of nitrogens with one attached hydrogen (secondary N) is 1. The van der Waals surface area contributed by atoms with Crippen molar-refractivity contribution in [2.75, 3.05) is 6.61 Å². The zero-order valence-electron chi connectivity index (χ0n) is 23.4. The molecule has 1 aliphatic carbocycles. The second-order valence-electron chi connectivity index (χ2n) is 11.3. The molecule has 42 heavy (non-hydrogen) atoms. The van der Waals surface area contributed by atoms with E-state index in [9.17, 15) is 17.1 Å². The van der Waals surface area contributed by atoms with Gasteiger partial charge in [-0.05, 0) is 60.7 Å². The standard InChI is InChI=1S/C33H31FN2O5S/c1-4-21-13-14-25-28(15-21)35-33-31(25)32(37)27-18-30(40-19-20(2)3)26(17-29(27)36(33)23-10-6-5-7-11-23)22-9-8-12-24(16-22)41-42(34,38)39/h1,8-9,12-18,20,23,35H,5-7,10-11,19H2,2-3H3. The third kappa shape index (κ3) is 5.23. The van der Waals surface area contributed by atoms with Crippen LogP contribution in [0.2, 0.25) is 0 Å². The summed E-state index contributed by atoms with van der Waals surface area (Å²) in [7, 11) is -5.20. The number of ether oxygens (including phenoxy) is 1. The van der Waals surface area contributed by atoms with Crippen molar-refractivity contribution in [1.29, 1.82) is 0 Å². The van der Waals surface area contributed by atoms with E-state index in [-0.39, 0.29) is 23.1 Å². The van der Waals surface area contributed by atoms with Gasteiger partial charge in [0.2, 0.25) is 0 Å². The topological polar surface area (TPSA) is 90.4 Å². The van der Waals surface area contributed by atoms with Gasteiger partial charge in [-0.2, -0.15) is 8.42 Å². The minimum absolute atomic E-state index is 0.117. The van der Waals surface area contributed by atoms with E-state index in [1.54, 1.807) is 18.2 Å². The first-order chi connectivity index (χ1) is 20.1. The number of terminal acetylenes is 1. The zero-order chi connectivity index (χ0) is 29.6. The van der Waals surface area contributed by atoms with Crippen LogP contribution in [0.1, 0.15) is 57.6 Å². The Morgan fingerprint density at radius 2 is 1.86 bits per heavy atom. The molecule has 1 fully saturated rings. The Bertz CT molecular complexity index is 2050. The van der Waals surface area contributed by atoms with Crippen LogP contribution in [0, 0.1) is 18.3 Å². The summed E-state index contributed by atoms with van der Waals surface area (Å²) in [6, 6.07) is 15.7. The molecule has 2 heterocycles. The zero-order valence-corrected chi connectivity index (χ0v) is 24.3. The predicted octanol–water partition coefficient (Wildman–Crippen LogP) is 7.42. The molecule has 0 amide bonds. The molecule has 2 aromatic heterocycles. The van der Waals surface area contributed by atoms with Crippen LogP contribution in [0.4, 0.5) is 3.89 Å². The Morgan fingerprint density at radius 1 is 1.07 bits per heavy atom. The van der Waals surface area contributed by atoms with Crippen molar-refractivity contribution in [3.63, 3.8) is 0 Å². The summed E-state index contributed by atoms with van der Waals surface area (Å²) in [6.45, 7) is 4.45. The predicted molar refractivity (Wildman–Crippen MR) is 164 cm³/mol. The molecule has 0 atom stereocenters. The van der Waals surface area contributed by atoms with Gasteiger partial charge in [0.05, 0.1) is 22.9 Å². The van der Waals surface area contributed by atoms with E-state index in [0.717, 1.165) is 53.3 Å². The maximum atomic E-state index is 14.2. The molecule has 0 unspecified atom stereocenters. The van der Waals surface area contributed by atoms with Crippen molar-refractivity contribution < 1.29 is 21.2 Å².